The summed E-state index contributed by atoms with van der Waals surface area (Å²) >= 11 is 0. The maximum atomic E-state index is 13.4. The van der Waals surface area contributed by atoms with Crippen molar-refractivity contribution in [2.45, 2.75) is 53.0 Å². The SMILES string of the molecule is CC(C)NC(=O)N1CCN(c2ccc(NC(=O)C(C)C)cc2C(=O)N2CCCCC2)CC1. The van der Waals surface area contributed by atoms with E-state index < -0.39 is 0 Å². The van der Waals surface area contributed by atoms with Crippen LogP contribution in [0.15, 0.2) is 18.2 Å². The number of urea groups is 1. The number of hydrogen-bond donors (Lipinski definition) is 2. The molecule has 2 aliphatic rings. The molecule has 2 fully saturated rings. The second-order valence-corrected chi connectivity index (χ2v) is 9.31. The first-order chi connectivity index (χ1) is 15.3. The summed E-state index contributed by atoms with van der Waals surface area (Å²) in [5.41, 5.74) is 2.13. The molecule has 0 unspecified atom stereocenters. The van der Waals surface area contributed by atoms with Gasteiger partial charge in [-0.1, -0.05) is 13.8 Å². The summed E-state index contributed by atoms with van der Waals surface area (Å²) in [6, 6.07) is 5.65. The molecule has 3 rings (SSSR count). The molecule has 1 aromatic carbocycles. The third-order valence-corrected chi connectivity index (χ3v) is 5.98. The molecule has 8 heteroatoms. The number of piperazine rings is 1. The number of anilines is 2. The van der Waals surface area contributed by atoms with Crippen molar-refractivity contribution in [3.05, 3.63) is 23.8 Å². The van der Waals surface area contributed by atoms with Gasteiger partial charge >= 0.3 is 6.03 Å². The number of amides is 4. The number of hydrogen-bond acceptors (Lipinski definition) is 4. The first kappa shape index (κ1) is 23.9. The zero-order valence-electron chi connectivity index (χ0n) is 19.8. The van der Waals surface area contributed by atoms with Crippen molar-refractivity contribution in [3.63, 3.8) is 0 Å². The van der Waals surface area contributed by atoms with Crippen LogP contribution in [0, 0.1) is 5.92 Å². The molecule has 0 saturated carbocycles. The van der Waals surface area contributed by atoms with Gasteiger partial charge in [0.25, 0.3) is 5.91 Å². The lowest BCUT2D eigenvalue weighted by Crippen LogP contribution is -2.53. The van der Waals surface area contributed by atoms with E-state index >= 15 is 0 Å². The minimum absolute atomic E-state index is 0.0142. The van der Waals surface area contributed by atoms with Crippen LogP contribution in [-0.2, 0) is 4.79 Å². The van der Waals surface area contributed by atoms with Crippen molar-refractivity contribution in [2.75, 3.05) is 49.5 Å². The summed E-state index contributed by atoms with van der Waals surface area (Å²) in [5.74, 6) is -0.194. The smallest absolute Gasteiger partial charge is 0.317 e. The van der Waals surface area contributed by atoms with E-state index in [9.17, 15) is 14.4 Å². The maximum absolute atomic E-state index is 13.4. The summed E-state index contributed by atoms with van der Waals surface area (Å²) in [5, 5.41) is 5.86. The molecule has 2 aliphatic heterocycles. The Labute approximate surface area is 191 Å². The van der Waals surface area contributed by atoms with Crippen LogP contribution >= 0.6 is 0 Å². The quantitative estimate of drug-likeness (QED) is 0.732. The van der Waals surface area contributed by atoms with Crippen molar-refractivity contribution in [2.24, 2.45) is 5.92 Å². The van der Waals surface area contributed by atoms with Gasteiger partial charge in [0.1, 0.15) is 0 Å². The van der Waals surface area contributed by atoms with Gasteiger partial charge in [-0.05, 0) is 51.3 Å². The number of rotatable bonds is 5. The third-order valence-electron chi connectivity index (χ3n) is 5.98. The number of carbonyl (C=O) groups excluding carboxylic acids is 3. The Kier molecular flexibility index (Phi) is 7.99. The zero-order chi connectivity index (χ0) is 23.3. The number of carbonyl (C=O) groups is 3. The van der Waals surface area contributed by atoms with Crippen LogP contribution in [-0.4, -0.2) is 73.0 Å². The molecule has 2 saturated heterocycles. The topological polar surface area (TPSA) is 85.0 Å². The van der Waals surface area contributed by atoms with Gasteiger partial charge in [-0.25, -0.2) is 4.79 Å². The van der Waals surface area contributed by atoms with E-state index in [0.29, 0.717) is 37.4 Å². The largest absolute Gasteiger partial charge is 0.367 e. The van der Waals surface area contributed by atoms with Crippen molar-refractivity contribution in [3.8, 4) is 0 Å². The van der Waals surface area contributed by atoms with E-state index in [4.69, 9.17) is 0 Å². The normalized spacial score (nSPS) is 17.0. The van der Waals surface area contributed by atoms with Gasteiger partial charge in [-0.15, -0.1) is 0 Å². The average molecular weight is 444 g/mol. The van der Waals surface area contributed by atoms with Gasteiger partial charge in [0, 0.05) is 62.6 Å². The van der Waals surface area contributed by atoms with E-state index in [2.05, 4.69) is 15.5 Å². The number of nitrogens with zero attached hydrogens (tertiary/aromatic N) is 3. The predicted octanol–water partition coefficient (Wildman–Crippen LogP) is 3.15. The second-order valence-electron chi connectivity index (χ2n) is 9.31. The van der Waals surface area contributed by atoms with Crippen molar-refractivity contribution < 1.29 is 14.4 Å². The Bertz CT molecular complexity index is 825. The van der Waals surface area contributed by atoms with E-state index in [1.807, 2.05) is 55.7 Å². The van der Waals surface area contributed by atoms with Crippen molar-refractivity contribution in [1.82, 2.24) is 15.1 Å². The third kappa shape index (κ3) is 5.93. The summed E-state index contributed by atoms with van der Waals surface area (Å²) in [6.07, 6.45) is 3.20. The Balaban J connectivity index is 1.80. The summed E-state index contributed by atoms with van der Waals surface area (Å²) in [7, 11) is 0. The highest BCUT2D eigenvalue weighted by atomic mass is 16.2. The lowest BCUT2D eigenvalue weighted by Gasteiger charge is -2.37. The molecular weight excluding hydrogens is 406 g/mol. The van der Waals surface area contributed by atoms with Crippen LogP contribution in [0.3, 0.4) is 0 Å². The van der Waals surface area contributed by atoms with Crippen LogP contribution < -0.4 is 15.5 Å². The Hall–Kier alpha value is -2.77. The average Bonchev–Trinajstić information content (AvgIpc) is 2.78. The van der Waals surface area contributed by atoms with E-state index in [-0.39, 0.29) is 29.8 Å². The Morgan fingerprint density at radius 2 is 1.50 bits per heavy atom. The summed E-state index contributed by atoms with van der Waals surface area (Å²) < 4.78 is 0. The van der Waals surface area contributed by atoms with Crippen molar-refractivity contribution >= 4 is 29.2 Å². The summed E-state index contributed by atoms with van der Waals surface area (Å²) in [6.45, 7) is 11.6. The predicted molar refractivity (Wildman–Crippen MR) is 127 cm³/mol. The molecule has 0 bridgehead atoms. The maximum Gasteiger partial charge on any atom is 0.317 e. The fourth-order valence-electron chi connectivity index (χ4n) is 4.10. The lowest BCUT2D eigenvalue weighted by molar-refractivity contribution is -0.118. The van der Waals surface area contributed by atoms with Crippen LogP contribution in [0.2, 0.25) is 0 Å². The highest BCUT2D eigenvalue weighted by Crippen LogP contribution is 2.28. The van der Waals surface area contributed by atoms with Crippen LogP contribution in [0.25, 0.3) is 0 Å². The van der Waals surface area contributed by atoms with Gasteiger partial charge in [-0.3, -0.25) is 9.59 Å². The molecule has 4 amide bonds. The first-order valence-electron chi connectivity index (χ1n) is 11.8. The number of likely N-dealkylation sites (tertiary alicyclic amines) is 1. The first-order valence-corrected chi connectivity index (χ1v) is 11.8. The molecule has 2 N–H and O–H groups in total. The molecule has 1 aromatic rings. The molecule has 176 valence electrons. The fraction of sp³-hybridized carbons (Fsp3) is 0.625. The van der Waals surface area contributed by atoms with E-state index in [1.165, 1.54) is 0 Å². The molecule has 8 nitrogen and oxygen atoms in total. The molecule has 32 heavy (non-hydrogen) atoms. The highest BCUT2D eigenvalue weighted by Gasteiger charge is 2.27. The standard InChI is InChI=1S/C24H37N5O3/c1-17(2)22(30)26-19-8-9-21(20(16-19)23(31)28-10-6-5-7-11-28)27-12-14-29(15-13-27)24(32)25-18(3)4/h8-9,16-18H,5-7,10-15H2,1-4H3,(H,25,32)(H,26,30). The number of benzene rings is 1. The van der Waals surface area contributed by atoms with Crippen LogP contribution in [0.5, 0.6) is 0 Å². The summed E-state index contributed by atoms with van der Waals surface area (Å²) in [4.78, 5) is 43.9. The monoisotopic (exact) mass is 443 g/mol. The van der Waals surface area contributed by atoms with Gasteiger partial charge in [0.05, 0.1) is 5.56 Å². The molecule has 0 aromatic heterocycles. The number of nitrogens with one attached hydrogen (secondary N) is 2. The second kappa shape index (κ2) is 10.7. The van der Waals surface area contributed by atoms with E-state index in [1.54, 1.807) is 0 Å². The van der Waals surface area contributed by atoms with Gasteiger partial charge in [-0.2, -0.15) is 0 Å². The van der Waals surface area contributed by atoms with E-state index in [0.717, 1.165) is 38.0 Å². The van der Waals surface area contributed by atoms with Crippen LogP contribution in [0.1, 0.15) is 57.3 Å². The van der Waals surface area contributed by atoms with Gasteiger partial charge < -0.3 is 25.3 Å². The van der Waals surface area contributed by atoms with Gasteiger partial charge in [0.2, 0.25) is 5.91 Å². The molecular formula is C24H37N5O3. The van der Waals surface area contributed by atoms with Crippen molar-refractivity contribution in [1.29, 1.82) is 0 Å². The molecule has 0 radical (unpaired) electrons. The Morgan fingerprint density at radius 3 is 2.09 bits per heavy atom. The fourth-order valence-corrected chi connectivity index (χ4v) is 4.10. The number of piperidine rings is 1. The molecule has 0 spiro atoms. The highest BCUT2D eigenvalue weighted by molar-refractivity contribution is 6.02. The van der Waals surface area contributed by atoms with Gasteiger partial charge in [0.15, 0.2) is 0 Å². The molecule has 0 atom stereocenters. The Morgan fingerprint density at radius 1 is 0.844 bits per heavy atom. The molecule has 2 heterocycles. The minimum Gasteiger partial charge on any atom is -0.367 e. The lowest BCUT2D eigenvalue weighted by atomic mass is 10.0. The van der Waals surface area contributed by atoms with Crippen LogP contribution in [0.4, 0.5) is 16.2 Å². The zero-order valence-corrected chi connectivity index (χ0v) is 19.8. The minimum atomic E-state index is -0.138. The molecule has 0 aliphatic carbocycles.